The van der Waals surface area contributed by atoms with Gasteiger partial charge in [-0.15, -0.1) is 0 Å². The van der Waals surface area contributed by atoms with Crippen molar-refractivity contribution in [1.29, 1.82) is 0 Å². The van der Waals surface area contributed by atoms with E-state index < -0.39 is 6.10 Å². The van der Waals surface area contributed by atoms with Gasteiger partial charge in [0, 0.05) is 12.5 Å². The van der Waals surface area contributed by atoms with Gasteiger partial charge in [0.2, 0.25) is 0 Å². The molecule has 0 bridgehead atoms. The molecule has 0 radical (unpaired) electrons. The normalized spacial score (nSPS) is 17.8. The zero-order valence-electron chi connectivity index (χ0n) is 15.1. The third-order valence-electron chi connectivity index (χ3n) is 5.05. The summed E-state index contributed by atoms with van der Waals surface area (Å²) in [6.07, 6.45) is 3.34. The number of likely N-dealkylation sites (tertiary alicyclic amines) is 1. The maximum Gasteiger partial charge on any atom is 0.119 e. The summed E-state index contributed by atoms with van der Waals surface area (Å²) < 4.78 is 5.52. The number of nitrogens with zero attached hydrogens (tertiary/aromatic N) is 1. The summed E-state index contributed by atoms with van der Waals surface area (Å²) in [5.41, 5.74) is 2.16. The van der Waals surface area contributed by atoms with Crippen molar-refractivity contribution in [2.45, 2.75) is 38.2 Å². The first-order valence-corrected chi connectivity index (χ1v) is 9.46. The molecule has 0 aliphatic carbocycles. The predicted molar refractivity (Wildman–Crippen MR) is 102 cm³/mol. The minimum absolute atomic E-state index is 0.0808. The lowest BCUT2D eigenvalue weighted by atomic mass is 9.88. The maximum atomic E-state index is 11.1. The summed E-state index contributed by atoms with van der Waals surface area (Å²) in [5.74, 6) is 0.933. The molecule has 0 aromatic heterocycles. The molecule has 2 atom stereocenters. The fraction of sp³-hybridized carbons (Fsp3) is 0.455. The number of ether oxygens (including phenoxy) is 1. The Morgan fingerprint density at radius 2 is 1.60 bits per heavy atom. The molecule has 2 aromatic carbocycles. The van der Waals surface area contributed by atoms with E-state index in [0.717, 1.165) is 30.9 Å². The first-order chi connectivity index (χ1) is 12.3. The lowest BCUT2D eigenvalue weighted by molar-refractivity contribution is 0.109. The van der Waals surface area contributed by atoms with Gasteiger partial charge < -0.3 is 14.7 Å². The predicted octanol–water partition coefficient (Wildman–Crippen LogP) is 4.39. The smallest absolute Gasteiger partial charge is 0.119 e. The van der Waals surface area contributed by atoms with Crippen molar-refractivity contribution >= 4 is 0 Å². The van der Waals surface area contributed by atoms with Crippen LogP contribution in [0.15, 0.2) is 54.6 Å². The van der Waals surface area contributed by atoms with Crippen LogP contribution in [0.4, 0.5) is 0 Å². The summed E-state index contributed by atoms with van der Waals surface area (Å²) in [5, 5.41) is 11.1. The Morgan fingerprint density at radius 1 is 0.920 bits per heavy atom. The lowest BCUT2D eigenvalue weighted by Crippen LogP contribution is -2.35. The molecule has 0 unspecified atom stereocenters. The van der Waals surface area contributed by atoms with Gasteiger partial charge in [0.15, 0.2) is 0 Å². The largest absolute Gasteiger partial charge is 0.494 e. The highest BCUT2D eigenvalue weighted by Crippen LogP contribution is 2.33. The summed E-state index contributed by atoms with van der Waals surface area (Å²) in [7, 11) is 0. The number of aliphatic hydroxyl groups excluding tert-OH is 1. The molecular weight excluding hydrogens is 310 g/mol. The monoisotopic (exact) mass is 339 g/mol. The molecule has 1 saturated heterocycles. The van der Waals surface area contributed by atoms with Gasteiger partial charge in [0.05, 0.1) is 12.7 Å². The van der Waals surface area contributed by atoms with Crippen molar-refractivity contribution in [3.05, 3.63) is 65.7 Å². The van der Waals surface area contributed by atoms with E-state index in [1.54, 1.807) is 0 Å². The molecule has 1 fully saturated rings. The highest BCUT2D eigenvalue weighted by atomic mass is 16.5. The summed E-state index contributed by atoms with van der Waals surface area (Å²) in [6.45, 7) is 5.81. The molecule has 0 amide bonds. The lowest BCUT2D eigenvalue weighted by Gasteiger charge is -2.33. The van der Waals surface area contributed by atoms with Gasteiger partial charge in [0.1, 0.15) is 5.75 Å². The number of hydrogen-bond acceptors (Lipinski definition) is 3. The molecule has 0 saturated carbocycles. The Bertz CT molecular complexity index is 620. The van der Waals surface area contributed by atoms with Crippen molar-refractivity contribution in [2.75, 3.05) is 26.2 Å². The maximum absolute atomic E-state index is 11.1. The van der Waals surface area contributed by atoms with E-state index in [4.69, 9.17) is 4.74 Å². The SMILES string of the molecule is CCOc1ccc([C@@H](O)[C@H](CN2CCCCC2)c2ccccc2)cc1. The average molecular weight is 339 g/mol. The summed E-state index contributed by atoms with van der Waals surface area (Å²) in [6, 6.07) is 18.3. The molecule has 3 heteroatoms. The number of benzene rings is 2. The molecule has 1 aliphatic rings. The van der Waals surface area contributed by atoms with Gasteiger partial charge in [-0.3, -0.25) is 0 Å². The summed E-state index contributed by atoms with van der Waals surface area (Å²) >= 11 is 0. The van der Waals surface area contributed by atoms with Gasteiger partial charge in [-0.25, -0.2) is 0 Å². The van der Waals surface area contributed by atoms with E-state index in [-0.39, 0.29) is 5.92 Å². The van der Waals surface area contributed by atoms with Crippen LogP contribution >= 0.6 is 0 Å². The van der Waals surface area contributed by atoms with Crippen molar-refractivity contribution in [2.24, 2.45) is 0 Å². The quantitative estimate of drug-likeness (QED) is 0.812. The van der Waals surface area contributed by atoms with E-state index in [0.29, 0.717) is 6.61 Å². The third-order valence-corrected chi connectivity index (χ3v) is 5.05. The summed E-state index contributed by atoms with van der Waals surface area (Å²) in [4.78, 5) is 2.50. The van der Waals surface area contributed by atoms with Crippen LogP contribution in [0.3, 0.4) is 0 Å². The van der Waals surface area contributed by atoms with Crippen molar-refractivity contribution in [3.63, 3.8) is 0 Å². The van der Waals surface area contributed by atoms with Gasteiger partial charge in [-0.05, 0) is 56.1 Å². The van der Waals surface area contributed by atoms with Gasteiger partial charge in [-0.2, -0.15) is 0 Å². The molecule has 1 heterocycles. The standard InChI is InChI=1S/C22H29NO2/c1-2-25-20-13-11-19(12-14-20)22(24)21(18-9-5-3-6-10-18)17-23-15-7-4-8-16-23/h3,5-6,9-14,21-22,24H,2,4,7-8,15-17H2,1H3/t21-,22-/m1/s1. The Morgan fingerprint density at radius 3 is 2.24 bits per heavy atom. The average Bonchev–Trinajstić information content (AvgIpc) is 2.68. The Balaban J connectivity index is 1.79. The van der Waals surface area contributed by atoms with E-state index in [1.807, 2.05) is 37.3 Å². The van der Waals surface area contributed by atoms with E-state index in [9.17, 15) is 5.11 Å². The molecule has 1 aliphatic heterocycles. The fourth-order valence-electron chi connectivity index (χ4n) is 3.67. The molecule has 134 valence electrons. The van der Waals surface area contributed by atoms with Crippen LogP contribution < -0.4 is 4.74 Å². The van der Waals surface area contributed by atoms with Gasteiger partial charge >= 0.3 is 0 Å². The van der Waals surface area contributed by atoms with Crippen LogP contribution in [0.2, 0.25) is 0 Å². The Labute approximate surface area is 151 Å². The highest BCUT2D eigenvalue weighted by molar-refractivity contribution is 5.32. The van der Waals surface area contributed by atoms with Crippen molar-refractivity contribution in [1.82, 2.24) is 4.90 Å². The van der Waals surface area contributed by atoms with Crippen molar-refractivity contribution in [3.8, 4) is 5.75 Å². The second kappa shape index (κ2) is 9.02. The number of hydrogen-bond donors (Lipinski definition) is 1. The van der Waals surface area contributed by atoms with E-state index in [1.165, 1.54) is 24.8 Å². The molecule has 0 spiro atoms. The van der Waals surface area contributed by atoms with Crippen LogP contribution in [-0.2, 0) is 0 Å². The topological polar surface area (TPSA) is 32.7 Å². The van der Waals surface area contributed by atoms with Crippen LogP contribution in [0.1, 0.15) is 49.3 Å². The molecule has 3 rings (SSSR count). The first-order valence-electron chi connectivity index (χ1n) is 9.46. The minimum atomic E-state index is -0.514. The fourth-order valence-corrected chi connectivity index (χ4v) is 3.67. The molecule has 3 nitrogen and oxygen atoms in total. The van der Waals surface area contributed by atoms with Crippen LogP contribution in [-0.4, -0.2) is 36.2 Å². The first kappa shape index (κ1) is 18.0. The van der Waals surface area contributed by atoms with Crippen LogP contribution in [0, 0.1) is 0 Å². The molecular formula is C22H29NO2. The molecule has 25 heavy (non-hydrogen) atoms. The van der Waals surface area contributed by atoms with Crippen molar-refractivity contribution < 1.29 is 9.84 Å². The molecule has 1 N–H and O–H groups in total. The second-order valence-corrected chi connectivity index (χ2v) is 6.83. The Kier molecular flexibility index (Phi) is 6.48. The van der Waals surface area contributed by atoms with Gasteiger partial charge in [-0.1, -0.05) is 48.9 Å². The highest BCUT2D eigenvalue weighted by Gasteiger charge is 2.26. The number of aliphatic hydroxyl groups is 1. The number of rotatable bonds is 7. The zero-order chi connectivity index (χ0) is 17.5. The van der Waals surface area contributed by atoms with Gasteiger partial charge in [0.25, 0.3) is 0 Å². The molecule has 2 aromatic rings. The second-order valence-electron chi connectivity index (χ2n) is 6.83. The van der Waals surface area contributed by atoms with E-state index in [2.05, 4.69) is 29.2 Å². The zero-order valence-corrected chi connectivity index (χ0v) is 15.1. The van der Waals surface area contributed by atoms with Crippen LogP contribution in [0.5, 0.6) is 5.75 Å². The minimum Gasteiger partial charge on any atom is -0.494 e. The van der Waals surface area contributed by atoms with Crippen LogP contribution in [0.25, 0.3) is 0 Å². The third kappa shape index (κ3) is 4.83. The van der Waals surface area contributed by atoms with E-state index >= 15 is 0 Å². The Hall–Kier alpha value is -1.84. The number of piperidine rings is 1.